The Hall–Kier alpha value is -1.53. The van der Waals surface area contributed by atoms with E-state index in [9.17, 15) is 0 Å². The lowest BCUT2D eigenvalue weighted by molar-refractivity contribution is 0.475. The molecule has 0 saturated carbocycles. The molecule has 0 fully saturated rings. The number of hydrogen-bond acceptors (Lipinski definition) is 3. The summed E-state index contributed by atoms with van der Waals surface area (Å²) in [4.78, 5) is 0. The largest absolute Gasteiger partial charge is 0.508 e. The van der Waals surface area contributed by atoms with Crippen LogP contribution in [-0.2, 0) is 6.42 Å². The zero-order chi connectivity index (χ0) is 10.4. The minimum absolute atomic E-state index is 0.0937. The van der Waals surface area contributed by atoms with Gasteiger partial charge in [0.15, 0.2) is 0 Å². The molecule has 0 aliphatic carbocycles. The van der Waals surface area contributed by atoms with Crippen LogP contribution in [0.15, 0.2) is 24.3 Å². The number of phenolic OH excluding ortho intramolecular Hbond substituents is 1. The molecule has 0 aromatic heterocycles. The second-order valence-electron chi connectivity index (χ2n) is 3.18. The van der Waals surface area contributed by atoms with Crippen LogP contribution in [0.25, 0.3) is 0 Å². The average molecular weight is 190 g/mol. The van der Waals surface area contributed by atoms with Crippen LogP contribution < -0.4 is 5.32 Å². The molecule has 0 spiro atoms. The van der Waals surface area contributed by atoms with Gasteiger partial charge in [0.1, 0.15) is 5.75 Å². The lowest BCUT2D eigenvalue weighted by Crippen LogP contribution is -2.23. The molecule has 14 heavy (non-hydrogen) atoms. The van der Waals surface area contributed by atoms with E-state index in [-0.39, 0.29) is 11.8 Å². The number of nitrogens with one attached hydrogen (secondary N) is 1. The number of nitrogens with zero attached hydrogens (tertiary/aromatic N) is 1. The van der Waals surface area contributed by atoms with Gasteiger partial charge in [0, 0.05) is 0 Å². The minimum atomic E-state index is -0.0937. The highest BCUT2D eigenvalue weighted by Crippen LogP contribution is 2.11. The third kappa shape index (κ3) is 3.08. The summed E-state index contributed by atoms with van der Waals surface area (Å²) in [6, 6.07) is 9.15. The highest BCUT2D eigenvalue weighted by molar-refractivity contribution is 5.26. The summed E-state index contributed by atoms with van der Waals surface area (Å²) in [6.45, 7) is 0. The topological polar surface area (TPSA) is 56.0 Å². The SMILES string of the molecule is CNC(C#N)CCc1ccc(O)cc1. The van der Waals surface area contributed by atoms with Gasteiger partial charge in [-0.15, -0.1) is 0 Å². The summed E-state index contributed by atoms with van der Waals surface area (Å²) in [6.07, 6.45) is 1.64. The first-order valence-electron chi connectivity index (χ1n) is 4.61. The van der Waals surface area contributed by atoms with E-state index in [1.807, 2.05) is 12.1 Å². The van der Waals surface area contributed by atoms with Crippen molar-refractivity contribution in [1.82, 2.24) is 5.32 Å². The molecule has 1 aromatic carbocycles. The summed E-state index contributed by atoms with van der Waals surface area (Å²) in [7, 11) is 1.78. The lowest BCUT2D eigenvalue weighted by atomic mass is 10.1. The maximum atomic E-state index is 9.06. The van der Waals surface area contributed by atoms with E-state index in [2.05, 4.69) is 11.4 Å². The van der Waals surface area contributed by atoms with Gasteiger partial charge in [-0.05, 0) is 37.6 Å². The first-order chi connectivity index (χ1) is 6.76. The Balaban J connectivity index is 2.46. The molecule has 1 aromatic rings. The highest BCUT2D eigenvalue weighted by Gasteiger charge is 2.03. The maximum absolute atomic E-state index is 9.06. The molecule has 3 nitrogen and oxygen atoms in total. The first-order valence-corrected chi connectivity index (χ1v) is 4.61. The smallest absolute Gasteiger partial charge is 0.115 e. The van der Waals surface area contributed by atoms with Gasteiger partial charge in [0.25, 0.3) is 0 Å². The molecule has 1 atom stereocenters. The van der Waals surface area contributed by atoms with Crippen molar-refractivity contribution in [3.63, 3.8) is 0 Å². The van der Waals surface area contributed by atoms with Crippen molar-refractivity contribution in [3.8, 4) is 11.8 Å². The monoisotopic (exact) mass is 190 g/mol. The summed E-state index contributed by atoms with van der Waals surface area (Å²) in [5.74, 6) is 0.277. The Bertz CT molecular complexity index is 313. The Morgan fingerprint density at radius 3 is 2.57 bits per heavy atom. The number of rotatable bonds is 4. The third-order valence-corrected chi connectivity index (χ3v) is 2.16. The van der Waals surface area contributed by atoms with Gasteiger partial charge in [0.05, 0.1) is 12.1 Å². The molecular weight excluding hydrogens is 176 g/mol. The molecule has 0 saturated heterocycles. The van der Waals surface area contributed by atoms with Gasteiger partial charge >= 0.3 is 0 Å². The molecule has 74 valence electrons. The van der Waals surface area contributed by atoms with Gasteiger partial charge in [0.2, 0.25) is 0 Å². The Morgan fingerprint density at radius 2 is 2.07 bits per heavy atom. The minimum Gasteiger partial charge on any atom is -0.508 e. The van der Waals surface area contributed by atoms with Crippen LogP contribution in [0.5, 0.6) is 5.75 Å². The molecule has 0 heterocycles. The van der Waals surface area contributed by atoms with Gasteiger partial charge < -0.3 is 10.4 Å². The van der Waals surface area contributed by atoms with E-state index in [0.29, 0.717) is 0 Å². The van der Waals surface area contributed by atoms with E-state index < -0.39 is 0 Å². The van der Waals surface area contributed by atoms with Crippen LogP contribution in [0.2, 0.25) is 0 Å². The summed E-state index contributed by atoms with van der Waals surface area (Å²) in [5.41, 5.74) is 1.14. The number of phenols is 1. The van der Waals surface area contributed by atoms with Crippen LogP contribution in [0, 0.1) is 11.3 Å². The standard InChI is InChI=1S/C11H14N2O/c1-13-10(8-12)5-2-9-3-6-11(14)7-4-9/h3-4,6-7,10,13-14H,2,5H2,1H3. The van der Waals surface area contributed by atoms with Crippen LogP contribution in [0.3, 0.4) is 0 Å². The Kier molecular flexibility index (Phi) is 3.96. The first kappa shape index (κ1) is 10.6. The van der Waals surface area contributed by atoms with Crippen molar-refractivity contribution >= 4 is 0 Å². The van der Waals surface area contributed by atoms with E-state index in [0.717, 1.165) is 18.4 Å². The second-order valence-corrected chi connectivity index (χ2v) is 3.18. The second kappa shape index (κ2) is 5.25. The van der Waals surface area contributed by atoms with Gasteiger partial charge in [-0.2, -0.15) is 5.26 Å². The Labute approximate surface area is 84.0 Å². The fourth-order valence-corrected chi connectivity index (χ4v) is 1.25. The average Bonchev–Trinajstić information content (AvgIpc) is 2.22. The highest BCUT2D eigenvalue weighted by atomic mass is 16.3. The van der Waals surface area contributed by atoms with Crippen molar-refractivity contribution < 1.29 is 5.11 Å². The predicted molar refractivity (Wildman–Crippen MR) is 54.9 cm³/mol. The number of aromatic hydroxyl groups is 1. The van der Waals surface area contributed by atoms with Crippen LogP contribution in [-0.4, -0.2) is 18.2 Å². The molecule has 0 bridgehead atoms. The maximum Gasteiger partial charge on any atom is 0.115 e. The number of benzene rings is 1. The zero-order valence-electron chi connectivity index (χ0n) is 8.20. The van der Waals surface area contributed by atoms with Gasteiger partial charge in [-0.25, -0.2) is 0 Å². The van der Waals surface area contributed by atoms with Crippen LogP contribution in [0.4, 0.5) is 0 Å². The quantitative estimate of drug-likeness (QED) is 0.755. The fourth-order valence-electron chi connectivity index (χ4n) is 1.25. The Morgan fingerprint density at radius 1 is 1.43 bits per heavy atom. The van der Waals surface area contributed by atoms with E-state index >= 15 is 0 Å². The van der Waals surface area contributed by atoms with Crippen molar-refractivity contribution in [2.75, 3.05) is 7.05 Å². The third-order valence-electron chi connectivity index (χ3n) is 2.16. The molecular formula is C11H14N2O. The van der Waals surface area contributed by atoms with Crippen LogP contribution in [0.1, 0.15) is 12.0 Å². The normalized spacial score (nSPS) is 12.0. The molecule has 1 unspecified atom stereocenters. The van der Waals surface area contributed by atoms with Crippen molar-refractivity contribution in [1.29, 1.82) is 5.26 Å². The van der Waals surface area contributed by atoms with Crippen molar-refractivity contribution in [2.24, 2.45) is 0 Å². The summed E-state index contributed by atoms with van der Waals surface area (Å²) in [5, 5.41) is 20.7. The molecule has 0 aliphatic rings. The van der Waals surface area contributed by atoms with Crippen molar-refractivity contribution in [2.45, 2.75) is 18.9 Å². The molecule has 0 radical (unpaired) electrons. The molecule has 2 N–H and O–H groups in total. The molecule has 0 aliphatic heterocycles. The molecule has 1 rings (SSSR count). The van der Waals surface area contributed by atoms with Crippen molar-refractivity contribution in [3.05, 3.63) is 29.8 Å². The predicted octanol–water partition coefficient (Wildman–Crippen LogP) is 1.44. The van der Waals surface area contributed by atoms with E-state index in [1.165, 1.54) is 0 Å². The van der Waals surface area contributed by atoms with Gasteiger partial charge in [-0.1, -0.05) is 12.1 Å². The number of hydrogen-bond donors (Lipinski definition) is 2. The van der Waals surface area contributed by atoms with E-state index in [4.69, 9.17) is 10.4 Å². The molecule has 3 heteroatoms. The number of aryl methyl sites for hydroxylation is 1. The van der Waals surface area contributed by atoms with Crippen LogP contribution >= 0.6 is 0 Å². The zero-order valence-corrected chi connectivity index (χ0v) is 8.20. The molecule has 0 amide bonds. The lowest BCUT2D eigenvalue weighted by Gasteiger charge is -2.06. The number of nitriles is 1. The van der Waals surface area contributed by atoms with E-state index in [1.54, 1.807) is 19.2 Å². The van der Waals surface area contributed by atoms with Gasteiger partial charge in [-0.3, -0.25) is 0 Å². The summed E-state index contributed by atoms with van der Waals surface area (Å²) >= 11 is 0. The summed E-state index contributed by atoms with van der Waals surface area (Å²) < 4.78 is 0. The fraction of sp³-hybridized carbons (Fsp3) is 0.364.